The summed E-state index contributed by atoms with van der Waals surface area (Å²) < 4.78 is 25.2. The topological polar surface area (TPSA) is 101 Å². The van der Waals surface area contributed by atoms with Crippen molar-refractivity contribution in [1.82, 2.24) is 0 Å². The van der Waals surface area contributed by atoms with Crippen LogP contribution in [0.25, 0.3) is 0 Å². The summed E-state index contributed by atoms with van der Waals surface area (Å²) >= 11 is 0. The number of sulfonamides is 1. The minimum atomic E-state index is -3.28. The quantitative estimate of drug-likeness (QED) is 0.707. The molecule has 4 N–H and O–H groups in total. The third-order valence-electron chi connectivity index (χ3n) is 2.95. The summed E-state index contributed by atoms with van der Waals surface area (Å²) in [5, 5.41) is 2.75. The van der Waals surface area contributed by atoms with Gasteiger partial charge < -0.3 is 11.1 Å². The molecule has 0 fully saturated rings. The molecule has 0 aliphatic rings. The number of rotatable bonds is 7. The molecule has 1 rings (SSSR count). The van der Waals surface area contributed by atoms with Crippen LogP contribution in [0.3, 0.4) is 0 Å². The van der Waals surface area contributed by atoms with E-state index in [0.717, 1.165) is 0 Å². The van der Waals surface area contributed by atoms with Crippen LogP contribution < -0.4 is 15.8 Å². The van der Waals surface area contributed by atoms with Crippen LogP contribution in [0.15, 0.2) is 24.3 Å². The first kappa shape index (κ1) is 16.5. The summed E-state index contributed by atoms with van der Waals surface area (Å²) in [6.45, 7) is 3.77. The van der Waals surface area contributed by atoms with Crippen molar-refractivity contribution in [2.24, 2.45) is 11.7 Å². The minimum absolute atomic E-state index is 0.0141. The molecule has 1 atom stereocenters. The van der Waals surface area contributed by atoms with Gasteiger partial charge in [-0.05, 0) is 37.6 Å². The third-order valence-corrected chi connectivity index (χ3v) is 4.26. The van der Waals surface area contributed by atoms with E-state index in [0.29, 0.717) is 24.3 Å². The standard InChI is InChI=1S/C13H21N3O3S/c1-3-10(9-14)13(17)15-11-5-7-12(8-6-11)16-20(18,19)4-2/h5-8,10,16H,3-4,9,14H2,1-2H3,(H,15,17). The molecule has 0 spiro atoms. The summed E-state index contributed by atoms with van der Waals surface area (Å²) in [7, 11) is -3.28. The van der Waals surface area contributed by atoms with Crippen LogP contribution in [-0.4, -0.2) is 26.6 Å². The van der Waals surface area contributed by atoms with Gasteiger partial charge in [0.1, 0.15) is 0 Å². The lowest BCUT2D eigenvalue weighted by Crippen LogP contribution is -2.28. The van der Waals surface area contributed by atoms with Crippen molar-refractivity contribution in [2.45, 2.75) is 20.3 Å². The average molecular weight is 299 g/mol. The van der Waals surface area contributed by atoms with E-state index in [1.54, 1.807) is 31.2 Å². The molecule has 112 valence electrons. The molecule has 0 aliphatic heterocycles. The number of anilines is 2. The maximum atomic E-state index is 11.8. The van der Waals surface area contributed by atoms with Crippen molar-refractivity contribution >= 4 is 27.3 Å². The summed E-state index contributed by atoms with van der Waals surface area (Å²) in [6, 6.07) is 6.50. The molecule has 0 saturated carbocycles. The van der Waals surface area contributed by atoms with Crippen LogP contribution in [0.2, 0.25) is 0 Å². The Morgan fingerprint density at radius 2 is 1.75 bits per heavy atom. The smallest absolute Gasteiger partial charge is 0.232 e. The molecule has 0 heterocycles. The number of hydrogen-bond donors (Lipinski definition) is 3. The lowest BCUT2D eigenvalue weighted by molar-refractivity contribution is -0.119. The molecule has 0 bridgehead atoms. The highest BCUT2D eigenvalue weighted by Gasteiger charge is 2.14. The molecule has 7 heteroatoms. The molecule has 0 radical (unpaired) electrons. The molecular weight excluding hydrogens is 278 g/mol. The van der Waals surface area contributed by atoms with Crippen LogP contribution in [0.1, 0.15) is 20.3 Å². The first-order valence-electron chi connectivity index (χ1n) is 6.53. The summed E-state index contributed by atoms with van der Waals surface area (Å²) in [6.07, 6.45) is 0.677. The molecule has 1 aromatic rings. The van der Waals surface area contributed by atoms with Crippen LogP contribution in [0.5, 0.6) is 0 Å². The largest absolute Gasteiger partial charge is 0.330 e. The second-order valence-electron chi connectivity index (χ2n) is 4.41. The highest BCUT2D eigenvalue weighted by molar-refractivity contribution is 7.92. The lowest BCUT2D eigenvalue weighted by Gasteiger charge is -2.13. The Morgan fingerprint density at radius 3 is 2.20 bits per heavy atom. The van der Waals surface area contributed by atoms with Crippen molar-refractivity contribution in [3.05, 3.63) is 24.3 Å². The van der Waals surface area contributed by atoms with Crippen LogP contribution >= 0.6 is 0 Å². The third kappa shape index (κ3) is 4.82. The SMILES string of the molecule is CCC(CN)C(=O)Nc1ccc(NS(=O)(=O)CC)cc1. The van der Waals surface area contributed by atoms with E-state index in [-0.39, 0.29) is 17.6 Å². The number of carbonyl (C=O) groups excluding carboxylic acids is 1. The number of benzene rings is 1. The zero-order valence-corrected chi connectivity index (χ0v) is 12.5. The van der Waals surface area contributed by atoms with E-state index < -0.39 is 10.0 Å². The molecule has 1 aromatic carbocycles. The molecule has 1 amide bonds. The van der Waals surface area contributed by atoms with Crippen molar-refractivity contribution in [3.8, 4) is 0 Å². The second kappa shape index (κ2) is 7.25. The predicted octanol–water partition coefficient (Wildman–Crippen LogP) is 1.37. The van der Waals surface area contributed by atoms with E-state index in [9.17, 15) is 13.2 Å². The molecule has 0 aromatic heterocycles. The van der Waals surface area contributed by atoms with Gasteiger partial charge in [-0.1, -0.05) is 6.92 Å². The van der Waals surface area contributed by atoms with E-state index in [1.807, 2.05) is 6.92 Å². The number of hydrogen-bond acceptors (Lipinski definition) is 4. The number of amides is 1. The summed E-state index contributed by atoms with van der Waals surface area (Å²) in [5.41, 5.74) is 6.59. The Hall–Kier alpha value is -1.60. The van der Waals surface area contributed by atoms with Gasteiger partial charge in [0.15, 0.2) is 0 Å². The predicted molar refractivity (Wildman–Crippen MR) is 81.0 cm³/mol. The maximum absolute atomic E-state index is 11.8. The van der Waals surface area contributed by atoms with Crippen LogP contribution in [-0.2, 0) is 14.8 Å². The van der Waals surface area contributed by atoms with Gasteiger partial charge in [0.2, 0.25) is 15.9 Å². The average Bonchev–Trinajstić information content (AvgIpc) is 2.42. The Labute approximate surface area is 119 Å². The van der Waals surface area contributed by atoms with Gasteiger partial charge in [0, 0.05) is 17.9 Å². The Bertz CT molecular complexity index is 536. The fourth-order valence-corrected chi connectivity index (χ4v) is 2.22. The zero-order valence-electron chi connectivity index (χ0n) is 11.7. The second-order valence-corrected chi connectivity index (χ2v) is 6.42. The van der Waals surface area contributed by atoms with Crippen molar-refractivity contribution in [2.75, 3.05) is 22.3 Å². The van der Waals surface area contributed by atoms with Crippen LogP contribution in [0, 0.1) is 5.92 Å². The fraction of sp³-hybridized carbons (Fsp3) is 0.462. The normalized spacial score (nSPS) is 12.8. The highest BCUT2D eigenvalue weighted by Crippen LogP contribution is 2.16. The summed E-state index contributed by atoms with van der Waals surface area (Å²) in [5.74, 6) is -0.328. The maximum Gasteiger partial charge on any atom is 0.232 e. The number of nitrogens with one attached hydrogen (secondary N) is 2. The van der Waals surface area contributed by atoms with Crippen molar-refractivity contribution in [1.29, 1.82) is 0 Å². The van der Waals surface area contributed by atoms with Gasteiger partial charge >= 0.3 is 0 Å². The van der Waals surface area contributed by atoms with E-state index in [1.165, 1.54) is 0 Å². The Kier molecular flexibility index (Phi) is 5.97. The molecule has 6 nitrogen and oxygen atoms in total. The van der Waals surface area contributed by atoms with Gasteiger partial charge in [-0.2, -0.15) is 0 Å². The Balaban J connectivity index is 2.70. The van der Waals surface area contributed by atoms with Crippen LogP contribution in [0.4, 0.5) is 11.4 Å². The summed E-state index contributed by atoms with van der Waals surface area (Å²) in [4.78, 5) is 11.8. The lowest BCUT2D eigenvalue weighted by atomic mass is 10.1. The first-order chi connectivity index (χ1) is 9.41. The highest BCUT2D eigenvalue weighted by atomic mass is 32.2. The minimum Gasteiger partial charge on any atom is -0.330 e. The van der Waals surface area contributed by atoms with E-state index in [2.05, 4.69) is 10.0 Å². The molecule has 1 unspecified atom stereocenters. The first-order valence-corrected chi connectivity index (χ1v) is 8.18. The molecular formula is C13H21N3O3S. The van der Waals surface area contributed by atoms with Gasteiger partial charge in [0.05, 0.1) is 11.7 Å². The van der Waals surface area contributed by atoms with Gasteiger partial charge in [-0.15, -0.1) is 0 Å². The zero-order chi connectivity index (χ0) is 15.2. The number of carbonyl (C=O) groups is 1. The van der Waals surface area contributed by atoms with E-state index >= 15 is 0 Å². The number of nitrogens with two attached hydrogens (primary N) is 1. The molecule has 0 aliphatic carbocycles. The van der Waals surface area contributed by atoms with Gasteiger partial charge in [-0.25, -0.2) is 8.42 Å². The fourth-order valence-electron chi connectivity index (χ4n) is 1.58. The molecule has 0 saturated heterocycles. The molecule has 20 heavy (non-hydrogen) atoms. The van der Waals surface area contributed by atoms with Gasteiger partial charge in [-0.3, -0.25) is 9.52 Å². The monoisotopic (exact) mass is 299 g/mol. The van der Waals surface area contributed by atoms with Gasteiger partial charge in [0.25, 0.3) is 0 Å². The van der Waals surface area contributed by atoms with E-state index in [4.69, 9.17) is 5.73 Å². The Morgan fingerprint density at radius 1 is 1.20 bits per heavy atom. The van der Waals surface area contributed by atoms with Crippen molar-refractivity contribution < 1.29 is 13.2 Å². The van der Waals surface area contributed by atoms with Crippen molar-refractivity contribution in [3.63, 3.8) is 0 Å².